The number of carbonyl (C=O) groups is 1. The van der Waals surface area contributed by atoms with E-state index in [1.807, 2.05) is 59.0 Å². The lowest BCUT2D eigenvalue weighted by Gasteiger charge is -2.32. The highest BCUT2D eigenvalue weighted by atomic mass is 16.7. The zero-order chi connectivity index (χ0) is 20.2. The zero-order valence-corrected chi connectivity index (χ0v) is 16.8. The first-order valence-corrected chi connectivity index (χ1v) is 8.89. The largest absolute Gasteiger partial charge is 0.496 e. The van der Waals surface area contributed by atoms with E-state index in [0.717, 1.165) is 17.1 Å². The van der Waals surface area contributed by atoms with Crippen molar-refractivity contribution in [2.24, 2.45) is 0 Å². The number of nitrogens with one attached hydrogen (secondary N) is 1. The maximum Gasteiger partial charge on any atom is 0.491 e. The van der Waals surface area contributed by atoms with Crippen molar-refractivity contribution in [2.75, 3.05) is 20.7 Å². The Morgan fingerprint density at radius 1 is 1.26 bits per heavy atom. The summed E-state index contributed by atoms with van der Waals surface area (Å²) < 4.78 is 17.6. The highest BCUT2D eigenvalue weighted by Gasteiger charge is 2.52. The number of aliphatic carboxylic acids is 1. The van der Waals surface area contributed by atoms with Crippen molar-refractivity contribution >= 4 is 25.2 Å². The van der Waals surface area contributed by atoms with Gasteiger partial charge in [-0.2, -0.15) is 0 Å². The quantitative estimate of drug-likeness (QED) is 0.565. The Kier molecular flexibility index (Phi) is 6.52. The van der Waals surface area contributed by atoms with E-state index >= 15 is 0 Å². The van der Waals surface area contributed by atoms with E-state index in [0.29, 0.717) is 17.9 Å². The average molecular weight is 373 g/mol. The summed E-state index contributed by atoms with van der Waals surface area (Å²) in [7, 11) is 2.97. The molecule has 1 fully saturated rings. The second-order valence-electron chi connectivity index (χ2n) is 7.51. The normalized spacial score (nSPS) is 18.9. The fourth-order valence-electron chi connectivity index (χ4n) is 2.75. The second-order valence-corrected chi connectivity index (χ2v) is 7.51. The lowest BCUT2D eigenvalue weighted by atomic mass is 9.77. The monoisotopic (exact) mass is 373 g/mol. The third-order valence-corrected chi connectivity index (χ3v) is 4.95. The van der Waals surface area contributed by atoms with Gasteiger partial charge in [-0.15, -0.1) is 0 Å². The van der Waals surface area contributed by atoms with Crippen molar-refractivity contribution in [3.8, 4) is 5.75 Å². The Morgan fingerprint density at radius 2 is 1.89 bits per heavy atom. The number of hydrogen-bond donors (Lipinski definition) is 2. The van der Waals surface area contributed by atoms with Gasteiger partial charge in [0.05, 0.1) is 18.3 Å². The van der Waals surface area contributed by atoms with Gasteiger partial charge >= 0.3 is 13.1 Å². The third kappa shape index (κ3) is 5.00. The molecule has 0 bridgehead atoms. The van der Waals surface area contributed by atoms with E-state index < -0.39 is 24.3 Å². The zero-order valence-electron chi connectivity index (χ0n) is 16.8. The topological polar surface area (TPSA) is 77.0 Å². The molecule has 6 nitrogen and oxygen atoms in total. The molecule has 0 aromatic heterocycles. The van der Waals surface area contributed by atoms with Crippen molar-refractivity contribution in [1.29, 1.82) is 0 Å². The van der Waals surface area contributed by atoms with Gasteiger partial charge in [0.2, 0.25) is 0 Å². The first-order chi connectivity index (χ1) is 12.6. The van der Waals surface area contributed by atoms with Crippen LogP contribution in [-0.2, 0) is 14.1 Å². The van der Waals surface area contributed by atoms with Gasteiger partial charge in [0.1, 0.15) is 5.75 Å². The molecule has 1 aliphatic heterocycles. The van der Waals surface area contributed by atoms with E-state index in [1.54, 1.807) is 7.11 Å². The number of rotatable bonds is 7. The minimum Gasteiger partial charge on any atom is -0.496 e. The van der Waals surface area contributed by atoms with E-state index in [9.17, 15) is 4.79 Å². The first-order valence-electron chi connectivity index (χ1n) is 8.89. The maximum atomic E-state index is 10.8. The van der Waals surface area contributed by atoms with Gasteiger partial charge in [-0.25, -0.2) is 4.79 Å². The summed E-state index contributed by atoms with van der Waals surface area (Å²) in [5.41, 5.74) is 1.71. The number of likely N-dealkylation sites (N-methyl/N-ethyl adjacent to an activating group) is 1. The lowest BCUT2D eigenvalue weighted by Crippen LogP contribution is -2.41. The van der Waals surface area contributed by atoms with Gasteiger partial charge in [-0.1, -0.05) is 12.1 Å². The highest BCUT2D eigenvalue weighted by molar-refractivity contribution is 6.55. The predicted octanol–water partition coefficient (Wildman–Crippen LogP) is 3.03. The van der Waals surface area contributed by atoms with Crippen molar-refractivity contribution in [3.63, 3.8) is 0 Å². The van der Waals surface area contributed by atoms with Crippen LogP contribution in [0.25, 0.3) is 12.2 Å². The Morgan fingerprint density at radius 3 is 2.41 bits per heavy atom. The van der Waals surface area contributed by atoms with Crippen LogP contribution in [0.3, 0.4) is 0 Å². The summed E-state index contributed by atoms with van der Waals surface area (Å²) in [6.45, 7) is 8.68. The molecule has 0 saturated carbocycles. The van der Waals surface area contributed by atoms with E-state index in [-0.39, 0.29) is 0 Å². The molecule has 0 radical (unpaired) electrons. The molecular weight excluding hydrogens is 345 g/mol. The number of benzene rings is 1. The van der Waals surface area contributed by atoms with E-state index in [1.165, 1.54) is 6.08 Å². The fourth-order valence-corrected chi connectivity index (χ4v) is 2.75. The third-order valence-electron chi connectivity index (χ3n) is 4.95. The van der Waals surface area contributed by atoms with Gasteiger partial charge in [0.15, 0.2) is 0 Å². The van der Waals surface area contributed by atoms with Crippen LogP contribution in [0.2, 0.25) is 0 Å². The van der Waals surface area contributed by atoms with Gasteiger partial charge in [-0.05, 0) is 64.0 Å². The van der Waals surface area contributed by atoms with Crippen LogP contribution in [-0.4, -0.2) is 50.1 Å². The van der Waals surface area contributed by atoms with Crippen molar-refractivity contribution in [1.82, 2.24) is 5.32 Å². The molecule has 0 unspecified atom stereocenters. The lowest BCUT2D eigenvalue weighted by molar-refractivity contribution is -0.131. The van der Waals surface area contributed by atoms with Crippen molar-refractivity contribution in [2.45, 2.75) is 38.9 Å². The average Bonchev–Trinajstić information content (AvgIpc) is 2.80. The Labute approximate surface area is 161 Å². The molecule has 2 rings (SSSR count). The van der Waals surface area contributed by atoms with Crippen molar-refractivity contribution in [3.05, 3.63) is 40.9 Å². The summed E-state index contributed by atoms with van der Waals surface area (Å²) >= 11 is 0. The molecule has 1 saturated heterocycles. The molecule has 0 aliphatic carbocycles. The van der Waals surface area contributed by atoms with E-state index in [2.05, 4.69) is 5.32 Å². The number of hydrogen-bond acceptors (Lipinski definition) is 5. The molecule has 2 N–H and O–H groups in total. The summed E-state index contributed by atoms with van der Waals surface area (Å²) in [5, 5.41) is 12.0. The highest BCUT2D eigenvalue weighted by Crippen LogP contribution is 2.38. The molecule has 146 valence electrons. The van der Waals surface area contributed by atoms with Gasteiger partial charge in [0.25, 0.3) is 0 Å². The molecule has 1 heterocycles. The molecule has 27 heavy (non-hydrogen) atoms. The Hall–Kier alpha value is -2.09. The second kappa shape index (κ2) is 8.29. The van der Waals surface area contributed by atoms with Crippen molar-refractivity contribution < 1.29 is 23.9 Å². The van der Waals surface area contributed by atoms with Crippen LogP contribution < -0.4 is 10.1 Å². The molecule has 0 amide bonds. The van der Waals surface area contributed by atoms with Crippen LogP contribution >= 0.6 is 0 Å². The maximum absolute atomic E-state index is 10.8. The number of carboxylic acids is 1. The predicted molar refractivity (Wildman–Crippen MR) is 108 cm³/mol. The summed E-state index contributed by atoms with van der Waals surface area (Å²) in [4.78, 5) is 10.8. The van der Waals surface area contributed by atoms with Crippen LogP contribution in [0.1, 0.15) is 38.8 Å². The van der Waals surface area contributed by atoms with Crippen LogP contribution in [0.15, 0.2) is 29.7 Å². The van der Waals surface area contributed by atoms with Crippen LogP contribution in [0.5, 0.6) is 5.75 Å². The molecule has 0 spiro atoms. The molecular formula is C20H28BNO5. The summed E-state index contributed by atoms with van der Waals surface area (Å²) in [6.07, 6.45) is 4.61. The minimum atomic E-state index is -1.01. The summed E-state index contributed by atoms with van der Waals surface area (Å²) in [5.74, 6) is -0.401. The summed E-state index contributed by atoms with van der Waals surface area (Å²) in [6, 6.07) is 5.60. The SMILES string of the molecule is CNCC(=Cc1ccc(OC)c(/C=C/C(=O)O)c1)B1OC(C)(C)C(C)(C)O1. The van der Waals surface area contributed by atoms with Gasteiger partial charge in [-0.3, -0.25) is 0 Å². The minimum absolute atomic E-state index is 0.417. The standard InChI is InChI=1S/C20H28BNO5/c1-19(2)20(3,4)27-21(26-19)16(13-22-5)12-14-7-9-17(25-6)15(11-14)8-10-18(23)24/h7-12,22H,13H2,1-6H3,(H,23,24)/b10-8+,16-12?. The van der Waals surface area contributed by atoms with Crippen LogP contribution in [0.4, 0.5) is 0 Å². The fraction of sp³-hybridized carbons (Fsp3) is 0.450. The number of methoxy groups -OCH3 is 1. The molecule has 1 aliphatic rings. The van der Waals surface area contributed by atoms with Crippen LogP contribution in [0, 0.1) is 0 Å². The van der Waals surface area contributed by atoms with Gasteiger partial charge < -0.3 is 24.5 Å². The smallest absolute Gasteiger partial charge is 0.491 e. The Balaban J connectivity index is 2.38. The molecule has 1 aromatic carbocycles. The molecule has 7 heteroatoms. The number of ether oxygens (including phenoxy) is 1. The first kappa shape index (κ1) is 21.2. The molecule has 1 aromatic rings. The van der Waals surface area contributed by atoms with Gasteiger partial charge in [0, 0.05) is 18.2 Å². The number of carboxylic acid groups (broad SMARTS) is 1. The molecule has 0 atom stereocenters. The Bertz CT molecular complexity index is 739. The van der Waals surface area contributed by atoms with E-state index in [4.69, 9.17) is 19.2 Å².